The molecule has 1 heterocycles. The molecule has 0 bridgehead atoms. The Morgan fingerprint density at radius 1 is 1.35 bits per heavy atom. The molecule has 0 saturated heterocycles. The van der Waals surface area contributed by atoms with Gasteiger partial charge in [-0.25, -0.2) is 4.79 Å². The number of hydrogen-bond acceptors (Lipinski definition) is 3. The van der Waals surface area contributed by atoms with Crippen molar-refractivity contribution in [2.24, 2.45) is 0 Å². The number of aryl methyl sites for hydroxylation is 1. The van der Waals surface area contributed by atoms with E-state index in [1.54, 1.807) is 13.0 Å². The van der Waals surface area contributed by atoms with Gasteiger partial charge in [0.05, 0.1) is 12.8 Å². The van der Waals surface area contributed by atoms with Crippen molar-refractivity contribution >= 4 is 17.6 Å². The monoisotopic (exact) mass is 309 g/mol. The third kappa shape index (κ3) is 4.37. The molecule has 1 aromatic heterocycles. The summed E-state index contributed by atoms with van der Waals surface area (Å²) in [6.45, 7) is 1.80. The summed E-state index contributed by atoms with van der Waals surface area (Å²) in [5.41, 5.74) is 1.05. The first-order valence-electron chi connectivity index (χ1n) is 5.96. The lowest BCUT2D eigenvalue weighted by Crippen LogP contribution is -2.32. The number of pyridine rings is 1. The van der Waals surface area contributed by atoms with Crippen molar-refractivity contribution < 1.29 is 22.7 Å². The van der Waals surface area contributed by atoms with Gasteiger partial charge in [-0.1, -0.05) is 17.7 Å². The third-order valence-corrected chi connectivity index (χ3v) is 3.34. The van der Waals surface area contributed by atoms with Gasteiger partial charge in [0.2, 0.25) is 0 Å². The minimum Gasteiger partial charge on any atom is -0.467 e. The van der Waals surface area contributed by atoms with Gasteiger partial charge < -0.3 is 4.74 Å². The molecule has 0 spiro atoms. The predicted octanol–water partition coefficient (Wildman–Crippen LogP) is 3.73. The van der Waals surface area contributed by atoms with Gasteiger partial charge >= 0.3 is 12.1 Å². The minimum absolute atomic E-state index is 0.193. The highest BCUT2D eigenvalue weighted by atomic mass is 35.5. The second-order valence-corrected chi connectivity index (χ2v) is 5.13. The summed E-state index contributed by atoms with van der Waals surface area (Å²) >= 11 is 6.19. The summed E-state index contributed by atoms with van der Waals surface area (Å²) in [7, 11) is 1.14. The van der Waals surface area contributed by atoms with E-state index in [-0.39, 0.29) is 18.5 Å². The molecule has 20 heavy (non-hydrogen) atoms. The maximum atomic E-state index is 12.2. The lowest BCUT2D eigenvalue weighted by molar-refractivity contribution is -0.147. The molecule has 0 aromatic carbocycles. The van der Waals surface area contributed by atoms with Gasteiger partial charge in [0.25, 0.3) is 0 Å². The van der Waals surface area contributed by atoms with Crippen LogP contribution in [0.15, 0.2) is 18.3 Å². The van der Waals surface area contributed by atoms with Crippen LogP contribution in [0.2, 0.25) is 0 Å². The minimum atomic E-state index is -4.28. The van der Waals surface area contributed by atoms with E-state index in [0.717, 1.165) is 12.7 Å². The number of rotatable bonds is 5. The molecule has 0 saturated carbocycles. The van der Waals surface area contributed by atoms with Gasteiger partial charge in [-0.15, -0.1) is 0 Å². The zero-order chi connectivity index (χ0) is 15.4. The van der Waals surface area contributed by atoms with E-state index in [0.29, 0.717) is 0 Å². The summed E-state index contributed by atoms with van der Waals surface area (Å²) in [5.74, 6) is -0.808. The first-order chi connectivity index (χ1) is 9.19. The molecule has 1 rings (SSSR count). The van der Waals surface area contributed by atoms with Crippen molar-refractivity contribution in [2.45, 2.75) is 37.2 Å². The van der Waals surface area contributed by atoms with Crippen molar-refractivity contribution in [1.82, 2.24) is 4.98 Å². The number of ether oxygens (including phenoxy) is 1. The molecule has 1 unspecified atom stereocenters. The van der Waals surface area contributed by atoms with Gasteiger partial charge in [0, 0.05) is 12.6 Å². The van der Waals surface area contributed by atoms with Crippen molar-refractivity contribution in [3.8, 4) is 0 Å². The van der Waals surface area contributed by atoms with E-state index in [1.807, 2.05) is 0 Å². The molecule has 0 fully saturated rings. The first-order valence-corrected chi connectivity index (χ1v) is 6.34. The van der Waals surface area contributed by atoms with E-state index < -0.39 is 23.4 Å². The molecule has 1 atom stereocenters. The number of esters is 1. The largest absolute Gasteiger partial charge is 0.467 e. The molecular weight excluding hydrogens is 295 g/mol. The second kappa shape index (κ2) is 6.43. The Bertz CT molecular complexity index is 462. The zero-order valence-corrected chi connectivity index (χ0v) is 11.9. The van der Waals surface area contributed by atoms with Crippen LogP contribution in [0, 0.1) is 6.92 Å². The SMILES string of the molecule is COC(=O)C(Cl)(CCCC(F)(F)F)c1ccc(C)cn1. The standard InChI is InChI=1S/C13H15ClF3NO2/c1-9-4-5-10(18-8-9)12(14,11(19)20-2)6-3-7-13(15,16)17/h4-5,8H,3,6-7H2,1-2H3. The average molecular weight is 310 g/mol. The fraction of sp³-hybridized carbons (Fsp3) is 0.538. The highest BCUT2D eigenvalue weighted by Crippen LogP contribution is 2.36. The molecule has 0 radical (unpaired) electrons. The van der Waals surface area contributed by atoms with Crippen LogP contribution in [0.4, 0.5) is 13.2 Å². The van der Waals surface area contributed by atoms with Gasteiger partial charge in [-0.2, -0.15) is 13.2 Å². The fourth-order valence-electron chi connectivity index (χ4n) is 1.73. The van der Waals surface area contributed by atoms with E-state index in [4.69, 9.17) is 11.6 Å². The highest BCUT2D eigenvalue weighted by molar-refractivity contribution is 6.33. The van der Waals surface area contributed by atoms with Crippen LogP contribution in [-0.2, 0) is 14.4 Å². The molecule has 0 N–H and O–H groups in total. The van der Waals surface area contributed by atoms with Gasteiger partial charge in [0.1, 0.15) is 0 Å². The number of carbonyl (C=O) groups is 1. The Balaban J connectivity index is 2.92. The first kappa shape index (κ1) is 16.8. The number of carbonyl (C=O) groups excluding carboxylic acids is 1. The molecule has 0 amide bonds. The van der Waals surface area contributed by atoms with Crippen LogP contribution in [0.5, 0.6) is 0 Å². The molecular formula is C13H15ClF3NO2. The van der Waals surface area contributed by atoms with Crippen molar-refractivity contribution in [3.63, 3.8) is 0 Å². The average Bonchev–Trinajstić information content (AvgIpc) is 2.36. The Morgan fingerprint density at radius 2 is 2.00 bits per heavy atom. The molecule has 0 aliphatic heterocycles. The smallest absolute Gasteiger partial charge is 0.389 e. The summed E-state index contributed by atoms with van der Waals surface area (Å²) in [4.78, 5) is 14.1. The van der Waals surface area contributed by atoms with Gasteiger partial charge in [-0.05, 0) is 31.4 Å². The zero-order valence-electron chi connectivity index (χ0n) is 11.1. The number of alkyl halides is 4. The maximum Gasteiger partial charge on any atom is 0.389 e. The fourth-order valence-corrected chi connectivity index (χ4v) is 2.05. The van der Waals surface area contributed by atoms with Crippen LogP contribution >= 0.6 is 11.6 Å². The molecule has 7 heteroatoms. The van der Waals surface area contributed by atoms with E-state index >= 15 is 0 Å². The van der Waals surface area contributed by atoms with Gasteiger partial charge in [0.15, 0.2) is 4.87 Å². The molecule has 3 nitrogen and oxygen atoms in total. The number of hydrogen-bond donors (Lipinski definition) is 0. The summed E-state index contributed by atoms with van der Waals surface area (Å²) in [6.07, 6.45) is -4.27. The number of aromatic nitrogens is 1. The Labute approximate surface area is 120 Å². The molecule has 112 valence electrons. The van der Waals surface area contributed by atoms with Gasteiger partial charge in [-0.3, -0.25) is 4.98 Å². The highest BCUT2D eigenvalue weighted by Gasteiger charge is 2.41. The van der Waals surface area contributed by atoms with E-state index in [9.17, 15) is 18.0 Å². The number of methoxy groups -OCH3 is 1. The van der Waals surface area contributed by atoms with Crippen LogP contribution in [0.1, 0.15) is 30.5 Å². The molecule has 0 aliphatic rings. The van der Waals surface area contributed by atoms with Crippen molar-refractivity contribution in [2.75, 3.05) is 7.11 Å². The predicted molar refractivity (Wildman–Crippen MR) is 68.4 cm³/mol. The van der Waals surface area contributed by atoms with Crippen LogP contribution in [-0.4, -0.2) is 24.2 Å². The van der Waals surface area contributed by atoms with Crippen LogP contribution < -0.4 is 0 Å². The van der Waals surface area contributed by atoms with Crippen molar-refractivity contribution in [1.29, 1.82) is 0 Å². The normalized spacial score (nSPS) is 14.7. The second-order valence-electron chi connectivity index (χ2n) is 4.48. The third-order valence-electron chi connectivity index (χ3n) is 2.81. The van der Waals surface area contributed by atoms with Crippen molar-refractivity contribution in [3.05, 3.63) is 29.6 Å². The van der Waals surface area contributed by atoms with E-state index in [2.05, 4.69) is 9.72 Å². The van der Waals surface area contributed by atoms with Crippen LogP contribution in [0.3, 0.4) is 0 Å². The molecule has 0 aliphatic carbocycles. The summed E-state index contributed by atoms with van der Waals surface area (Å²) in [6, 6.07) is 3.21. The maximum absolute atomic E-state index is 12.2. The molecule has 1 aromatic rings. The Kier molecular flexibility index (Phi) is 5.39. The lowest BCUT2D eigenvalue weighted by Gasteiger charge is -2.24. The Morgan fingerprint density at radius 3 is 2.45 bits per heavy atom. The van der Waals surface area contributed by atoms with E-state index in [1.165, 1.54) is 12.3 Å². The summed E-state index contributed by atoms with van der Waals surface area (Å²) in [5, 5.41) is 0. The van der Waals surface area contributed by atoms with Crippen LogP contribution in [0.25, 0.3) is 0 Å². The topological polar surface area (TPSA) is 39.2 Å². The summed E-state index contributed by atoms with van der Waals surface area (Å²) < 4.78 is 41.2. The number of nitrogens with zero attached hydrogens (tertiary/aromatic N) is 1. The quantitative estimate of drug-likeness (QED) is 0.614. The number of halogens is 4. The lowest BCUT2D eigenvalue weighted by atomic mass is 9.96. The Hall–Kier alpha value is -1.30.